The second-order valence-electron chi connectivity index (χ2n) is 10.9. The van der Waals surface area contributed by atoms with Crippen molar-refractivity contribution in [2.45, 2.75) is 18.8 Å². The SMILES string of the molecule is c1ccc2c(c1)CC(c1ccc3oc4ccc(-n5c6ccccc6c6ccc7ccccc7c65)cc4c3c1)C2. The van der Waals surface area contributed by atoms with Crippen molar-refractivity contribution in [3.63, 3.8) is 0 Å². The molecule has 1 aliphatic carbocycles. The molecule has 184 valence electrons. The van der Waals surface area contributed by atoms with Crippen LogP contribution in [0.5, 0.6) is 0 Å². The molecule has 0 saturated carbocycles. The van der Waals surface area contributed by atoms with Gasteiger partial charge >= 0.3 is 0 Å². The Balaban J connectivity index is 1.28. The van der Waals surface area contributed by atoms with Gasteiger partial charge in [0.25, 0.3) is 0 Å². The topological polar surface area (TPSA) is 18.1 Å². The van der Waals surface area contributed by atoms with Crippen molar-refractivity contribution < 1.29 is 4.42 Å². The summed E-state index contributed by atoms with van der Waals surface area (Å²) in [7, 11) is 0. The summed E-state index contributed by atoms with van der Waals surface area (Å²) in [5.74, 6) is 0.517. The van der Waals surface area contributed by atoms with Gasteiger partial charge in [0.1, 0.15) is 11.2 Å². The van der Waals surface area contributed by atoms with Gasteiger partial charge in [-0.3, -0.25) is 0 Å². The van der Waals surface area contributed by atoms with Gasteiger partial charge in [0.2, 0.25) is 0 Å². The van der Waals surface area contributed by atoms with Gasteiger partial charge in [0, 0.05) is 32.6 Å². The Kier molecular flexibility index (Phi) is 4.25. The van der Waals surface area contributed by atoms with Crippen LogP contribution in [0.3, 0.4) is 0 Å². The van der Waals surface area contributed by atoms with Crippen molar-refractivity contribution in [3.8, 4) is 5.69 Å². The molecule has 0 N–H and O–H groups in total. The third-order valence-corrected chi connectivity index (χ3v) is 8.82. The molecular formula is C37H25NO. The summed E-state index contributed by atoms with van der Waals surface area (Å²) in [6.45, 7) is 0. The number of hydrogen-bond donors (Lipinski definition) is 0. The van der Waals surface area contributed by atoms with Crippen molar-refractivity contribution in [3.05, 3.63) is 138 Å². The van der Waals surface area contributed by atoms with E-state index < -0.39 is 0 Å². The van der Waals surface area contributed by atoms with Gasteiger partial charge in [-0.25, -0.2) is 0 Å². The molecule has 0 radical (unpaired) electrons. The first-order valence-electron chi connectivity index (χ1n) is 13.8. The van der Waals surface area contributed by atoms with E-state index in [2.05, 4.69) is 126 Å². The van der Waals surface area contributed by atoms with E-state index in [0.29, 0.717) is 5.92 Å². The zero-order chi connectivity index (χ0) is 25.5. The highest BCUT2D eigenvalue weighted by Gasteiger charge is 2.23. The third-order valence-electron chi connectivity index (χ3n) is 8.82. The highest BCUT2D eigenvalue weighted by Crippen LogP contribution is 2.40. The summed E-state index contributed by atoms with van der Waals surface area (Å²) < 4.78 is 8.77. The molecule has 0 saturated heterocycles. The predicted molar refractivity (Wildman–Crippen MR) is 162 cm³/mol. The lowest BCUT2D eigenvalue weighted by Crippen LogP contribution is -1.97. The summed E-state index contributed by atoms with van der Waals surface area (Å²) in [4.78, 5) is 0. The van der Waals surface area contributed by atoms with Crippen LogP contribution in [0.15, 0.2) is 126 Å². The fourth-order valence-electron chi connectivity index (χ4n) is 6.97. The molecule has 0 amide bonds. The maximum Gasteiger partial charge on any atom is 0.135 e. The van der Waals surface area contributed by atoms with Crippen molar-refractivity contribution in [2.75, 3.05) is 0 Å². The van der Waals surface area contributed by atoms with E-state index in [1.165, 1.54) is 60.0 Å². The fourth-order valence-corrected chi connectivity index (χ4v) is 6.97. The molecule has 2 heterocycles. The molecule has 0 aliphatic heterocycles. The molecule has 6 aromatic carbocycles. The lowest BCUT2D eigenvalue weighted by atomic mass is 9.94. The standard InChI is InChI=1S/C37H25NO/c1-2-9-25-20-27(19-24(25)8-1)26-14-17-35-32(21-26)33-22-28(15-18-36(33)39-35)38-34-12-6-5-11-30(34)31-16-13-23-7-3-4-10-29(23)37(31)38/h1-18,21-22,27H,19-20H2. The highest BCUT2D eigenvalue weighted by molar-refractivity contribution is 6.19. The quantitative estimate of drug-likeness (QED) is 0.231. The van der Waals surface area contributed by atoms with E-state index in [4.69, 9.17) is 4.42 Å². The number of nitrogens with zero attached hydrogens (tertiary/aromatic N) is 1. The molecule has 39 heavy (non-hydrogen) atoms. The largest absolute Gasteiger partial charge is 0.456 e. The van der Waals surface area contributed by atoms with E-state index in [1.54, 1.807) is 0 Å². The van der Waals surface area contributed by atoms with Crippen molar-refractivity contribution in [1.29, 1.82) is 0 Å². The van der Waals surface area contributed by atoms with E-state index in [-0.39, 0.29) is 0 Å². The summed E-state index contributed by atoms with van der Waals surface area (Å²) in [5.41, 5.74) is 9.90. The predicted octanol–water partition coefficient (Wildman–Crippen LogP) is 9.72. The van der Waals surface area contributed by atoms with Crippen molar-refractivity contribution in [1.82, 2.24) is 4.57 Å². The molecule has 0 spiro atoms. The molecule has 9 rings (SSSR count). The van der Waals surface area contributed by atoms with Gasteiger partial charge in [-0.05, 0) is 77.2 Å². The maximum atomic E-state index is 6.34. The second kappa shape index (κ2) is 7.85. The summed E-state index contributed by atoms with van der Waals surface area (Å²) in [6.07, 6.45) is 2.22. The number of hydrogen-bond acceptors (Lipinski definition) is 1. The van der Waals surface area contributed by atoms with Crippen LogP contribution in [-0.4, -0.2) is 4.57 Å². The molecule has 0 unspecified atom stereocenters. The molecule has 2 heteroatoms. The number of para-hydroxylation sites is 1. The Labute approximate surface area is 225 Å². The fraction of sp³-hybridized carbons (Fsp3) is 0.0811. The third kappa shape index (κ3) is 3.03. The normalized spacial score (nSPS) is 13.8. The molecule has 1 aliphatic rings. The minimum Gasteiger partial charge on any atom is -0.456 e. The molecule has 0 atom stereocenters. The monoisotopic (exact) mass is 499 g/mol. The Hall–Kier alpha value is -4.82. The first kappa shape index (κ1) is 21.2. The van der Waals surface area contributed by atoms with Crippen LogP contribution in [0, 0.1) is 0 Å². The van der Waals surface area contributed by atoms with Crippen LogP contribution < -0.4 is 0 Å². The van der Waals surface area contributed by atoms with Crippen LogP contribution in [0.25, 0.3) is 60.2 Å². The van der Waals surface area contributed by atoms with Crippen LogP contribution in [0.2, 0.25) is 0 Å². The first-order valence-corrected chi connectivity index (χ1v) is 13.8. The van der Waals surface area contributed by atoms with Crippen LogP contribution >= 0.6 is 0 Å². The summed E-state index contributed by atoms with van der Waals surface area (Å²) >= 11 is 0. The Morgan fingerprint density at radius 2 is 1.23 bits per heavy atom. The lowest BCUT2D eigenvalue weighted by Gasteiger charge is -2.11. The summed E-state index contributed by atoms with van der Waals surface area (Å²) in [6, 6.07) is 44.3. The first-order chi connectivity index (χ1) is 19.3. The summed E-state index contributed by atoms with van der Waals surface area (Å²) in [5, 5.41) is 7.46. The minimum absolute atomic E-state index is 0.517. The highest BCUT2D eigenvalue weighted by atomic mass is 16.3. The number of benzene rings is 6. The van der Waals surface area contributed by atoms with Gasteiger partial charge in [0.15, 0.2) is 0 Å². The Morgan fingerprint density at radius 1 is 0.538 bits per heavy atom. The van der Waals surface area contributed by atoms with E-state index in [0.717, 1.165) is 29.7 Å². The number of furan rings is 1. The molecule has 2 aromatic heterocycles. The van der Waals surface area contributed by atoms with Gasteiger partial charge in [-0.1, -0.05) is 84.9 Å². The van der Waals surface area contributed by atoms with E-state index in [9.17, 15) is 0 Å². The van der Waals surface area contributed by atoms with Crippen LogP contribution in [-0.2, 0) is 12.8 Å². The molecule has 0 fully saturated rings. The Bertz CT molecular complexity index is 2220. The minimum atomic E-state index is 0.517. The zero-order valence-electron chi connectivity index (χ0n) is 21.4. The molecule has 0 bridgehead atoms. The molecule has 8 aromatic rings. The average molecular weight is 500 g/mol. The van der Waals surface area contributed by atoms with Crippen LogP contribution in [0.1, 0.15) is 22.6 Å². The Morgan fingerprint density at radius 3 is 2.08 bits per heavy atom. The van der Waals surface area contributed by atoms with E-state index >= 15 is 0 Å². The molecule has 2 nitrogen and oxygen atoms in total. The average Bonchev–Trinajstić information content (AvgIpc) is 3.68. The van der Waals surface area contributed by atoms with Crippen LogP contribution in [0.4, 0.5) is 0 Å². The smallest absolute Gasteiger partial charge is 0.135 e. The number of rotatable bonds is 2. The number of aromatic nitrogens is 1. The second-order valence-corrected chi connectivity index (χ2v) is 10.9. The van der Waals surface area contributed by atoms with Gasteiger partial charge in [0.05, 0.1) is 11.0 Å². The van der Waals surface area contributed by atoms with Crippen molar-refractivity contribution >= 4 is 54.5 Å². The molecular weight excluding hydrogens is 474 g/mol. The zero-order valence-corrected chi connectivity index (χ0v) is 21.4. The van der Waals surface area contributed by atoms with Gasteiger partial charge in [-0.2, -0.15) is 0 Å². The van der Waals surface area contributed by atoms with Crippen molar-refractivity contribution in [2.24, 2.45) is 0 Å². The maximum absolute atomic E-state index is 6.34. The van der Waals surface area contributed by atoms with Gasteiger partial charge < -0.3 is 8.98 Å². The lowest BCUT2D eigenvalue weighted by molar-refractivity contribution is 0.668. The number of fused-ring (bicyclic) bond motifs is 9. The van der Waals surface area contributed by atoms with Gasteiger partial charge in [-0.15, -0.1) is 0 Å². The van der Waals surface area contributed by atoms with E-state index in [1.807, 2.05) is 0 Å².